The normalized spacial score (nSPS) is 14.0. The molecule has 1 aliphatic rings. The molecular formula is C31H33N5O3. The molecule has 0 radical (unpaired) electrons. The van der Waals surface area contributed by atoms with E-state index in [0.717, 1.165) is 24.0 Å². The average molecular weight is 524 g/mol. The molecule has 8 heteroatoms. The average Bonchev–Trinajstić information content (AvgIpc) is 3.40. The molecule has 0 aliphatic carbocycles. The third kappa shape index (κ3) is 5.41. The summed E-state index contributed by atoms with van der Waals surface area (Å²) >= 11 is 0. The number of aromatic amines is 1. The molecular weight excluding hydrogens is 490 g/mol. The number of phenolic OH excluding ortho intramolecular Hbond substituents is 1. The van der Waals surface area contributed by atoms with Crippen molar-refractivity contribution >= 4 is 35.0 Å². The van der Waals surface area contributed by atoms with Crippen LogP contribution in [0.4, 0.5) is 0 Å². The Morgan fingerprint density at radius 3 is 2.28 bits per heavy atom. The van der Waals surface area contributed by atoms with E-state index < -0.39 is 0 Å². The molecule has 1 fully saturated rings. The van der Waals surface area contributed by atoms with Crippen LogP contribution in [0.5, 0.6) is 5.75 Å². The first-order chi connectivity index (χ1) is 19.0. The fraction of sp³-hybridized carbons (Fsp3) is 0.290. The van der Waals surface area contributed by atoms with Crippen LogP contribution in [0, 0.1) is 5.92 Å². The predicted octanol–water partition coefficient (Wildman–Crippen LogP) is 5.22. The molecule has 2 aromatic carbocycles. The number of H-pyrrole nitrogens is 1. The monoisotopic (exact) mass is 523 g/mol. The Morgan fingerprint density at radius 1 is 0.949 bits per heavy atom. The van der Waals surface area contributed by atoms with Gasteiger partial charge in [0.2, 0.25) is 5.91 Å². The standard InChI is InChI=1S/C31H33N5O3/c1-3-22(4-2)30(38)35-16-18-36(19-17-35)31(39)27-25(23-11-13-24(37)14-12-23)20-32-29-28(27)26(33-34-29)15-10-21-8-6-5-7-9-21/h5-15,20,22,37H,3-4,16-19H2,1-2H3,(H,32,33,34)/b15-10+. The van der Waals surface area contributed by atoms with Gasteiger partial charge in [0.25, 0.3) is 5.91 Å². The Bertz CT molecular complexity index is 1480. The highest BCUT2D eigenvalue weighted by Gasteiger charge is 2.30. The van der Waals surface area contributed by atoms with E-state index in [1.54, 1.807) is 30.5 Å². The Labute approximate surface area is 228 Å². The van der Waals surface area contributed by atoms with Crippen LogP contribution in [0.1, 0.15) is 48.3 Å². The Kier molecular flexibility index (Phi) is 7.72. The second kappa shape index (κ2) is 11.5. The van der Waals surface area contributed by atoms with Gasteiger partial charge in [0.05, 0.1) is 16.6 Å². The molecule has 1 aliphatic heterocycles. The first kappa shape index (κ1) is 26.2. The summed E-state index contributed by atoms with van der Waals surface area (Å²) in [4.78, 5) is 35.4. The summed E-state index contributed by atoms with van der Waals surface area (Å²) in [6, 6.07) is 16.7. The second-order valence-electron chi connectivity index (χ2n) is 9.80. The highest BCUT2D eigenvalue weighted by Crippen LogP contribution is 2.33. The topological polar surface area (TPSA) is 102 Å². The van der Waals surface area contributed by atoms with Gasteiger partial charge in [0.15, 0.2) is 5.65 Å². The number of phenols is 1. The summed E-state index contributed by atoms with van der Waals surface area (Å²) in [7, 11) is 0. The van der Waals surface area contributed by atoms with E-state index in [0.29, 0.717) is 54.0 Å². The molecule has 0 bridgehead atoms. The van der Waals surface area contributed by atoms with Gasteiger partial charge in [-0.15, -0.1) is 0 Å². The van der Waals surface area contributed by atoms with Crippen LogP contribution < -0.4 is 0 Å². The van der Waals surface area contributed by atoms with Crippen molar-refractivity contribution in [3.05, 3.63) is 77.6 Å². The van der Waals surface area contributed by atoms with Crippen LogP contribution in [-0.4, -0.2) is 68.1 Å². The van der Waals surface area contributed by atoms with Gasteiger partial charge in [-0.25, -0.2) is 4.98 Å². The van der Waals surface area contributed by atoms with Crippen molar-refractivity contribution in [3.63, 3.8) is 0 Å². The highest BCUT2D eigenvalue weighted by atomic mass is 16.3. The Balaban J connectivity index is 1.53. The third-order valence-electron chi connectivity index (χ3n) is 7.46. The number of fused-ring (bicyclic) bond motifs is 1. The van der Waals surface area contributed by atoms with Crippen molar-refractivity contribution in [2.75, 3.05) is 26.2 Å². The molecule has 0 atom stereocenters. The zero-order chi connectivity index (χ0) is 27.4. The van der Waals surface area contributed by atoms with Gasteiger partial charge < -0.3 is 14.9 Å². The van der Waals surface area contributed by atoms with E-state index in [1.807, 2.05) is 66.1 Å². The largest absolute Gasteiger partial charge is 0.508 e. The van der Waals surface area contributed by atoms with Crippen LogP contribution in [-0.2, 0) is 4.79 Å². The summed E-state index contributed by atoms with van der Waals surface area (Å²) in [5, 5.41) is 18.0. The van der Waals surface area contributed by atoms with Gasteiger partial charge in [-0.2, -0.15) is 5.10 Å². The van der Waals surface area contributed by atoms with E-state index in [2.05, 4.69) is 15.2 Å². The first-order valence-electron chi connectivity index (χ1n) is 13.5. The minimum absolute atomic E-state index is 0.0260. The maximum atomic E-state index is 14.2. The van der Waals surface area contributed by atoms with Crippen molar-refractivity contribution in [1.29, 1.82) is 0 Å². The Hall–Kier alpha value is -4.46. The molecule has 4 aromatic rings. The van der Waals surface area contributed by atoms with Crippen LogP contribution in [0.2, 0.25) is 0 Å². The number of amides is 2. The summed E-state index contributed by atoms with van der Waals surface area (Å²) in [6.45, 7) is 6.01. The molecule has 8 nitrogen and oxygen atoms in total. The van der Waals surface area contributed by atoms with Crippen LogP contribution >= 0.6 is 0 Å². The maximum Gasteiger partial charge on any atom is 0.255 e. The van der Waals surface area contributed by atoms with Crippen LogP contribution in [0.3, 0.4) is 0 Å². The number of piperazine rings is 1. The summed E-state index contributed by atoms with van der Waals surface area (Å²) in [6.07, 6.45) is 7.16. The quantitative estimate of drug-likeness (QED) is 0.346. The van der Waals surface area contributed by atoms with Crippen LogP contribution in [0.25, 0.3) is 34.3 Å². The highest BCUT2D eigenvalue weighted by molar-refractivity contribution is 6.13. The van der Waals surface area contributed by atoms with E-state index in [-0.39, 0.29) is 23.5 Å². The molecule has 0 saturated carbocycles. The molecule has 2 aromatic heterocycles. The number of pyridine rings is 1. The van der Waals surface area contributed by atoms with Gasteiger partial charge in [-0.3, -0.25) is 14.7 Å². The number of rotatable bonds is 7. The minimum atomic E-state index is -0.129. The molecule has 0 unspecified atom stereocenters. The zero-order valence-electron chi connectivity index (χ0n) is 22.3. The van der Waals surface area contributed by atoms with E-state index in [9.17, 15) is 14.7 Å². The number of hydrogen-bond acceptors (Lipinski definition) is 5. The molecule has 5 rings (SSSR count). The molecule has 3 heterocycles. The number of aromatic nitrogens is 3. The molecule has 39 heavy (non-hydrogen) atoms. The van der Waals surface area contributed by atoms with Gasteiger partial charge in [-0.05, 0) is 42.2 Å². The maximum absolute atomic E-state index is 14.2. The number of aromatic hydroxyl groups is 1. The van der Waals surface area contributed by atoms with Crippen molar-refractivity contribution < 1.29 is 14.7 Å². The molecule has 200 valence electrons. The molecule has 1 saturated heterocycles. The number of hydrogen-bond donors (Lipinski definition) is 2. The smallest absolute Gasteiger partial charge is 0.255 e. The number of benzene rings is 2. The van der Waals surface area contributed by atoms with Crippen molar-refractivity contribution in [3.8, 4) is 16.9 Å². The van der Waals surface area contributed by atoms with Gasteiger partial charge >= 0.3 is 0 Å². The van der Waals surface area contributed by atoms with E-state index >= 15 is 0 Å². The molecule has 2 N–H and O–H groups in total. The second-order valence-corrected chi connectivity index (χ2v) is 9.80. The summed E-state index contributed by atoms with van der Waals surface area (Å²) in [5.74, 6) is 0.217. The fourth-order valence-corrected chi connectivity index (χ4v) is 5.14. The number of carbonyl (C=O) groups is 2. The Morgan fingerprint density at radius 2 is 1.62 bits per heavy atom. The van der Waals surface area contributed by atoms with Gasteiger partial charge in [-0.1, -0.05) is 62.4 Å². The lowest BCUT2D eigenvalue weighted by atomic mass is 9.96. The van der Waals surface area contributed by atoms with Gasteiger partial charge in [0.1, 0.15) is 5.75 Å². The number of nitrogens with zero attached hydrogens (tertiary/aromatic N) is 4. The van der Waals surface area contributed by atoms with Crippen molar-refractivity contribution in [2.24, 2.45) is 5.92 Å². The number of nitrogens with one attached hydrogen (secondary N) is 1. The molecule has 2 amide bonds. The fourth-order valence-electron chi connectivity index (χ4n) is 5.14. The summed E-state index contributed by atoms with van der Waals surface area (Å²) < 4.78 is 0. The summed E-state index contributed by atoms with van der Waals surface area (Å²) in [5.41, 5.74) is 4.10. The van der Waals surface area contributed by atoms with Crippen molar-refractivity contribution in [1.82, 2.24) is 25.0 Å². The first-order valence-corrected chi connectivity index (χ1v) is 13.5. The SMILES string of the molecule is CCC(CC)C(=O)N1CCN(C(=O)c2c(-c3ccc(O)cc3)cnc3[nH]nc(/C=C/c4ccccc4)c23)CC1. The number of carbonyl (C=O) groups excluding carboxylic acids is 2. The van der Waals surface area contributed by atoms with Crippen LogP contribution in [0.15, 0.2) is 60.8 Å². The lowest BCUT2D eigenvalue weighted by Crippen LogP contribution is -2.52. The lowest BCUT2D eigenvalue weighted by Gasteiger charge is -2.36. The van der Waals surface area contributed by atoms with E-state index in [4.69, 9.17) is 0 Å². The van der Waals surface area contributed by atoms with E-state index in [1.165, 1.54) is 0 Å². The van der Waals surface area contributed by atoms with Gasteiger partial charge in [0, 0.05) is 43.9 Å². The minimum Gasteiger partial charge on any atom is -0.508 e. The third-order valence-corrected chi connectivity index (χ3v) is 7.46. The lowest BCUT2D eigenvalue weighted by molar-refractivity contribution is -0.137. The predicted molar refractivity (Wildman–Crippen MR) is 153 cm³/mol. The molecule has 0 spiro atoms. The zero-order valence-corrected chi connectivity index (χ0v) is 22.3. The van der Waals surface area contributed by atoms with Crippen molar-refractivity contribution in [2.45, 2.75) is 26.7 Å².